The lowest BCUT2D eigenvalue weighted by Gasteiger charge is -2.11. The molecule has 28 heavy (non-hydrogen) atoms. The molecule has 5 nitrogen and oxygen atoms in total. The molecule has 0 aliphatic rings. The Morgan fingerprint density at radius 3 is 1.93 bits per heavy atom. The fourth-order valence-corrected chi connectivity index (χ4v) is 3.02. The Morgan fingerprint density at radius 1 is 0.786 bits per heavy atom. The molecule has 0 atom stereocenters. The molecule has 0 aromatic heterocycles. The second-order valence-electron chi connectivity index (χ2n) is 7.36. The number of phenols is 2. The largest absolute Gasteiger partial charge is 0.504 e. The van der Waals surface area contributed by atoms with E-state index in [4.69, 9.17) is 9.47 Å². The second kappa shape index (κ2) is 15.1. The summed E-state index contributed by atoms with van der Waals surface area (Å²) in [6, 6.07) is 2.66. The highest BCUT2D eigenvalue weighted by Gasteiger charge is 2.16. The molecular weight excluding hydrogens is 356 g/mol. The van der Waals surface area contributed by atoms with Crippen molar-refractivity contribution in [3.05, 3.63) is 17.7 Å². The molecule has 0 saturated carbocycles. The van der Waals surface area contributed by atoms with E-state index in [-0.39, 0.29) is 22.8 Å². The van der Waals surface area contributed by atoms with E-state index < -0.39 is 5.97 Å². The Kier molecular flexibility index (Phi) is 13.0. The van der Waals surface area contributed by atoms with Crippen LogP contribution in [0.4, 0.5) is 0 Å². The number of carbonyl (C=O) groups excluding carboxylic acids is 1. The maximum absolute atomic E-state index is 12.2. The maximum atomic E-state index is 12.2. The Bertz CT molecular complexity index is 556. The van der Waals surface area contributed by atoms with Crippen molar-refractivity contribution < 1.29 is 24.5 Å². The van der Waals surface area contributed by atoms with Gasteiger partial charge in [0.25, 0.3) is 0 Å². The van der Waals surface area contributed by atoms with Crippen LogP contribution in [0, 0.1) is 0 Å². The van der Waals surface area contributed by atoms with Crippen LogP contribution < -0.4 is 4.74 Å². The summed E-state index contributed by atoms with van der Waals surface area (Å²) in [7, 11) is 0. The van der Waals surface area contributed by atoms with E-state index in [2.05, 4.69) is 13.8 Å². The van der Waals surface area contributed by atoms with Gasteiger partial charge in [0.2, 0.25) is 5.75 Å². The van der Waals surface area contributed by atoms with Crippen molar-refractivity contribution >= 4 is 5.97 Å². The van der Waals surface area contributed by atoms with E-state index >= 15 is 0 Å². The quantitative estimate of drug-likeness (QED) is 0.194. The van der Waals surface area contributed by atoms with Crippen LogP contribution in [-0.4, -0.2) is 29.4 Å². The van der Waals surface area contributed by atoms with Crippen LogP contribution in [0.25, 0.3) is 0 Å². The number of benzene rings is 1. The summed E-state index contributed by atoms with van der Waals surface area (Å²) in [5.41, 5.74) is 0.194. The summed E-state index contributed by atoms with van der Waals surface area (Å²) in [4.78, 5) is 12.2. The van der Waals surface area contributed by atoms with Crippen molar-refractivity contribution in [2.75, 3.05) is 13.2 Å². The zero-order chi connectivity index (χ0) is 20.6. The van der Waals surface area contributed by atoms with Crippen LogP contribution in [0.1, 0.15) is 101 Å². The number of ether oxygens (including phenoxy) is 2. The Balaban J connectivity index is 2.40. The van der Waals surface area contributed by atoms with Crippen molar-refractivity contribution in [3.8, 4) is 17.2 Å². The highest BCUT2D eigenvalue weighted by molar-refractivity contribution is 5.91. The average molecular weight is 395 g/mol. The molecule has 0 spiro atoms. The lowest BCUT2D eigenvalue weighted by atomic mass is 10.1. The maximum Gasteiger partial charge on any atom is 0.338 e. The van der Waals surface area contributed by atoms with Crippen molar-refractivity contribution in [1.82, 2.24) is 0 Å². The Labute approximate surface area is 170 Å². The monoisotopic (exact) mass is 394 g/mol. The fraction of sp³-hybridized carbons (Fsp3) is 0.696. The first-order chi connectivity index (χ1) is 13.6. The van der Waals surface area contributed by atoms with Crippen LogP contribution in [0.2, 0.25) is 0 Å². The molecule has 160 valence electrons. The van der Waals surface area contributed by atoms with Gasteiger partial charge in [-0.2, -0.15) is 0 Å². The summed E-state index contributed by atoms with van der Waals surface area (Å²) < 4.78 is 10.9. The van der Waals surface area contributed by atoms with Gasteiger partial charge in [0, 0.05) is 0 Å². The molecular formula is C23H38O5. The van der Waals surface area contributed by atoms with Gasteiger partial charge in [-0.3, -0.25) is 0 Å². The normalized spacial score (nSPS) is 10.8. The predicted octanol–water partition coefficient (Wildman–Crippen LogP) is 6.35. The van der Waals surface area contributed by atoms with Crippen molar-refractivity contribution in [2.45, 2.75) is 90.9 Å². The molecule has 0 aliphatic heterocycles. The van der Waals surface area contributed by atoms with Gasteiger partial charge in [0.05, 0.1) is 18.8 Å². The molecule has 0 aliphatic carbocycles. The smallest absolute Gasteiger partial charge is 0.338 e. The Hall–Kier alpha value is -1.91. The molecule has 0 amide bonds. The van der Waals surface area contributed by atoms with Crippen molar-refractivity contribution in [3.63, 3.8) is 0 Å². The predicted molar refractivity (Wildman–Crippen MR) is 112 cm³/mol. The van der Waals surface area contributed by atoms with Gasteiger partial charge in [0.1, 0.15) is 0 Å². The lowest BCUT2D eigenvalue weighted by molar-refractivity contribution is 0.0496. The molecule has 0 bridgehead atoms. The van der Waals surface area contributed by atoms with E-state index in [1.807, 2.05) is 0 Å². The molecule has 2 N–H and O–H groups in total. The lowest BCUT2D eigenvalue weighted by Crippen LogP contribution is -2.07. The van der Waals surface area contributed by atoms with Gasteiger partial charge in [-0.15, -0.1) is 0 Å². The molecule has 5 heteroatoms. The number of aromatic hydroxyl groups is 2. The van der Waals surface area contributed by atoms with Gasteiger partial charge in [-0.05, 0) is 25.0 Å². The highest BCUT2D eigenvalue weighted by atomic mass is 16.5. The number of hydrogen-bond acceptors (Lipinski definition) is 5. The summed E-state index contributed by atoms with van der Waals surface area (Å²) in [5.74, 6) is -1.08. The minimum Gasteiger partial charge on any atom is -0.504 e. The molecule has 0 unspecified atom stereocenters. The van der Waals surface area contributed by atoms with E-state index in [0.717, 1.165) is 32.1 Å². The van der Waals surface area contributed by atoms with Gasteiger partial charge in [0.15, 0.2) is 11.5 Å². The van der Waals surface area contributed by atoms with E-state index in [1.54, 1.807) is 0 Å². The molecule has 0 heterocycles. The third-order valence-corrected chi connectivity index (χ3v) is 4.78. The van der Waals surface area contributed by atoms with Crippen LogP contribution in [0.5, 0.6) is 17.2 Å². The SMILES string of the molecule is CCCCCCCCOC(=O)c1cc(O)c(O)c(OCCCCCCCC)c1. The number of unbranched alkanes of at least 4 members (excludes halogenated alkanes) is 10. The standard InChI is InChI=1S/C23H38O5/c1-3-5-7-9-11-13-15-27-21-18-19(17-20(24)22(21)25)23(26)28-16-14-12-10-8-6-4-2/h17-18,24-25H,3-16H2,1-2H3. The molecule has 0 radical (unpaired) electrons. The third-order valence-electron chi connectivity index (χ3n) is 4.78. The number of hydrogen-bond donors (Lipinski definition) is 2. The topological polar surface area (TPSA) is 76.0 Å². The van der Waals surface area contributed by atoms with E-state index in [0.29, 0.717) is 13.2 Å². The minimum absolute atomic E-state index is 0.125. The Morgan fingerprint density at radius 2 is 1.32 bits per heavy atom. The average Bonchev–Trinajstić information content (AvgIpc) is 2.69. The van der Waals surface area contributed by atoms with Crippen molar-refractivity contribution in [2.24, 2.45) is 0 Å². The highest BCUT2D eigenvalue weighted by Crippen LogP contribution is 2.37. The number of rotatable bonds is 16. The molecule has 1 rings (SSSR count). The minimum atomic E-state index is -0.506. The molecule has 1 aromatic rings. The van der Waals surface area contributed by atoms with Gasteiger partial charge < -0.3 is 19.7 Å². The van der Waals surface area contributed by atoms with Crippen LogP contribution in [0.15, 0.2) is 12.1 Å². The fourth-order valence-electron chi connectivity index (χ4n) is 3.02. The summed E-state index contributed by atoms with van der Waals surface area (Å²) in [5, 5.41) is 19.9. The summed E-state index contributed by atoms with van der Waals surface area (Å²) in [6.45, 7) is 5.17. The van der Waals surface area contributed by atoms with Crippen LogP contribution >= 0.6 is 0 Å². The van der Waals surface area contributed by atoms with Gasteiger partial charge >= 0.3 is 5.97 Å². The summed E-state index contributed by atoms with van der Waals surface area (Å²) >= 11 is 0. The first-order valence-corrected chi connectivity index (χ1v) is 11.0. The number of carbonyl (C=O) groups is 1. The molecule has 0 saturated heterocycles. The van der Waals surface area contributed by atoms with Crippen molar-refractivity contribution in [1.29, 1.82) is 0 Å². The first kappa shape index (κ1) is 24.1. The molecule has 0 fully saturated rings. The van der Waals surface area contributed by atoms with Crippen LogP contribution in [0.3, 0.4) is 0 Å². The zero-order valence-corrected chi connectivity index (χ0v) is 17.7. The molecule has 1 aromatic carbocycles. The number of phenolic OH excluding ortho intramolecular Hbond substituents is 2. The first-order valence-electron chi connectivity index (χ1n) is 11.0. The zero-order valence-electron chi connectivity index (χ0n) is 17.7. The van der Waals surface area contributed by atoms with E-state index in [1.165, 1.54) is 57.1 Å². The number of esters is 1. The van der Waals surface area contributed by atoms with Gasteiger partial charge in [-0.1, -0.05) is 78.1 Å². The van der Waals surface area contributed by atoms with Crippen LogP contribution in [-0.2, 0) is 4.74 Å². The summed E-state index contributed by atoms with van der Waals surface area (Å²) in [6.07, 6.45) is 13.5. The van der Waals surface area contributed by atoms with Gasteiger partial charge in [-0.25, -0.2) is 4.79 Å². The van der Waals surface area contributed by atoms with E-state index in [9.17, 15) is 15.0 Å². The third kappa shape index (κ3) is 9.86. The second-order valence-corrected chi connectivity index (χ2v) is 7.36.